The lowest BCUT2D eigenvalue weighted by atomic mass is 10.1. The first-order valence-corrected chi connectivity index (χ1v) is 9.05. The molecule has 0 spiro atoms. The Bertz CT molecular complexity index is 1040. The molecule has 1 saturated heterocycles. The average molecular weight is 408 g/mol. The van der Waals surface area contributed by atoms with Crippen LogP contribution in [-0.2, 0) is 13.2 Å². The molecule has 0 atom stereocenters. The van der Waals surface area contributed by atoms with Crippen LogP contribution in [-0.4, -0.2) is 49.4 Å². The van der Waals surface area contributed by atoms with Crippen molar-refractivity contribution in [3.05, 3.63) is 35.9 Å². The summed E-state index contributed by atoms with van der Waals surface area (Å²) in [7, 11) is 1.35. The molecule has 4 heterocycles. The summed E-state index contributed by atoms with van der Waals surface area (Å²) in [6, 6.07) is 2.00. The molecule has 12 heteroatoms. The molecule has 0 aliphatic carbocycles. The second kappa shape index (κ2) is 7.35. The molecule has 1 aliphatic heterocycles. The first kappa shape index (κ1) is 19.2. The van der Waals surface area contributed by atoms with Gasteiger partial charge in [-0.15, -0.1) is 0 Å². The van der Waals surface area contributed by atoms with Gasteiger partial charge in [0.1, 0.15) is 11.4 Å². The Hall–Kier alpha value is -3.15. The molecule has 3 aromatic heterocycles. The Kier molecular flexibility index (Phi) is 4.86. The summed E-state index contributed by atoms with van der Waals surface area (Å²) >= 11 is 0. The molecule has 3 aromatic rings. The summed E-state index contributed by atoms with van der Waals surface area (Å²) in [5.74, 6) is -0.165. The van der Waals surface area contributed by atoms with Gasteiger partial charge < -0.3 is 16.0 Å². The highest BCUT2D eigenvalue weighted by atomic mass is 19.4. The van der Waals surface area contributed by atoms with Crippen molar-refractivity contribution in [2.24, 2.45) is 7.05 Å². The quantitative estimate of drug-likeness (QED) is 0.610. The minimum Gasteiger partial charge on any atom is -0.367 e. The topological polar surface area (TPSA) is 101 Å². The number of fused-ring (bicyclic) bond motifs is 1. The van der Waals surface area contributed by atoms with Crippen molar-refractivity contribution < 1.29 is 18.0 Å². The number of nitrogens with one attached hydrogen (secondary N) is 3. The number of carbonyl (C=O) groups excluding carboxylic acids is 1. The van der Waals surface area contributed by atoms with Gasteiger partial charge in [-0.05, 0) is 32.0 Å². The van der Waals surface area contributed by atoms with E-state index in [1.807, 2.05) is 0 Å². The zero-order valence-electron chi connectivity index (χ0n) is 15.5. The van der Waals surface area contributed by atoms with Crippen molar-refractivity contribution in [2.45, 2.75) is 25.1 Å². The maximum absolute atomic E-state index is 13.1. The smallest absolute Gasteiger partial charge is 0.367 e. The van der Waals surface area contributed by atoms with Crippen molar-refractivity contribution in [2.75, 3.05) is 23.7 Å². The third-order valence-electron chi connectivity index (χ3n) is 4.65. The van der Waals surface area contributed by atoms with E-state index in [1.54, 1.807) is 12.3 Å². The molecule has 1 aliphatic rings. The summed E-state index contributed by atoms with van der Waals surface area (Å²) in [5.41, 5.74) is -1.27. The van der Waals surface area contributed by atoms with Gasteiger partial charge >= 0.3 is 6.18 Å². The number of alkyl halides is 3. The molecule has 9 nitrogen and oxygen atoms in total. The van der Waals surface area contributed by atoms with Crippen molar-refractivity contribution >= 4 is 23.1 Å². The van der Waals surface area contributed by atoms with Gasteiger partial charge in [0.15, 0.2) is 11.3 Å². The number of aryl methyl sites for hydroxylation is 1. The molecule has 0 bridgehead atoms. The van der Waals surface area contributed by atoms with Crippen LogP contribution in [0.2, 0.25) is 0 Å². The molecule has 1 amide bonds. The van der Waals surface area contributed by atoms with Gasteiger partial charge in [-0.1, -0.05) is 0 Å². The van der Waals surface area contributed by atoms with E-state index in [0.29, 0.717) is 5.82 Å². The Labute approximate surface area is 163 Å². The average Bonchev–Trinajstić information content (AvgIpc) is 3.25. The maximum atomic E-state index is 13.1. The van der Waals surface area contributed by atoms with E-state index in [4.69, 9.17) is 0 Å². The van der Waals surface area contributed by atoms with Gasteiger partial charge in [0.05, 0.1) is 11.9 Å². The van der Waals surface area contributed by atoms with Crippen LogP contribution in [0.5, 0.6) is 0 Å². The molecule has 0 unspecified atom stereocenters. The highest BCUT2D eigenvalue weighted by Crippen LogP contribution is 2.33. The van der Waals surface area contributed by atoms with Crippen molar-refractivity contribution in [3.63, 3.8) is 0 Å². The van der Waals surface area contributed by atoms with Crippen LogP contribution >= 0.6 is 0 Å². The Morgan fingerprint density at radius 2 is 2.07 bits per heavy atom. The number of nitrogens with zero attached hydrogens (tertiary/aromatic N) is 5. The standard InChI is InChI=1S/C17H19F3N8O/c1-27-9-12(14(26-27)17(18,19)20)24-16(29)11-8-22-28-7-4-13(25-15(11)28)23-10-2-5-21-6-3-10/h4,7-10,21H,2-3,5-6H2,1H3,(H,23,25)(H,24,29). The van der Waals surface area contributed by atoms with E-state index in [1.165, 1.54) is 17.8 Å². The largest absolute Gasteiger partial charge is 0.437 e. The molecule has 29 heavy (non-hydrogen) atoms. The fraction of sp³-hybridized carbons (Fsp3) is 0.412. The highest BCUT2D eigenvalue weighted by Gasteiger charge is 2.37. The van der Waals surface area contributed by atoms with Gasteiger partial charge in [-0.3, -0.25) is 9.48 Å². The Morgan fingerprint density at radius 1 is 1.31 bits per heavy atom. The van der Waals surface area contributed by atoms with E-state index >= 15 is 0 Å². The molecule has 1 fully saturated rings. The lowest BCUT2D eigenvalue weighted by Crippen LogP contribution is -2.35. The molecule has 0 aromatic carbocycles. The van der Waals surface area contributed by atoms with E-state index in [2.05, 4.69) is 31.1 Å². The first-order chi connectivity index (χ1) is 13.8. The number of aromatic nitrogens is 5. The van der Waals surface area contributed by atoms with E-state index in [0.717, 1.165) is 36.8 Å². The van der Waals surface area contributed by atoms with Gasteiger partial charge in [-0.25, -0.2) is 9.50 Å². The number of carbonyl (C=O) groups is 1. The number of piperidine rings is 1. The minimum atomic E-state index is -4.69. The van der Waals surface area contributed by atoms with Gasteiger partial charge in [0.2, 0.25) is 0 Å². The summed E-state index contributed by atoms with van der Waals surface area (Å²) < 4.78 is 41.7. The lowest BCUT2D eigenvalue weighted by molar-refractivity contribution is -0.140. The Morgan fingerprint density at radius 3 is 2.79 bits per heavy atom. The summed E-state index contributed by atoms with van der Waals surface area (Å²) in [5, 5.41) is 16.3. The van der Waals surface area contributed by atoms with Crippen molar-refractivity contribution in [1.82, 2.24) is 29.7 Å². The number of anilines is 2. The molecular weight excluding hydrogens is 389 g/mol. The van der Waals surface area contributed by atoms with Crippen LogP contribution in [0, 0.1) is 0 Å². The van der Waals surface area contributed by atoms with E-state index < -0.39 is 23.5 Å². The van der Waals surface area contributed by atoms with Crippen LogP contribution in [0.1, 0.15) is 28.9 Å². The van der Waals surface area contributed by atoms with Crippen LogP contribution in [0.15, 0.2) is 24.7 Å². The van der Waals surface area contributed by atoms with Gasteiger partial charge in [0, 0.05) is 25.5 Å². The second-order valence-electron chi connectivity index (χ2n) is 6.82. The van der Waals surface area contributed by atoms with Gasteiger partial charge in [-0.2, -0.15) is 23.4 Å². The van der Waals surface area contributed by atoms with Crippen LogP contribution in [0.4, 0.5) is 24.7 Å². The predicted molar refractivity (Wildman–Crippen MR) is 98.7 cm³/mol. The summed E-state index contributed by atoms with van der Waals surface area (Å²) in [6.07, 6.45) is 1.23. The van der Waals surface area contributed by atoms with E-state index in [-0.39, 0.29) is 17.3 Å². The monoisotopic (exact) mass is 408 g/mol. The summed E-state index contributed by atoms with van der Waals surface area (Å²) in [6.45, 7) is 1.82. The molecular formula is C17H19F3N8O. The summed E-state index contributed by atoms with van der Waals surface area (Å²) in [4.78, 5) is 17.1. The van der Waals surface area contributed by atoms with Crippen LogP contribution in [0.3, 0.4) is 0 Å². The fourth-order valence-corrected chi connectivity index (χ4v) is 3.26. The van der Waals surface area contributed by atoms with Crippen molar-refractivity contribution in [3.8, 4) is 0 Å². The molecule has 0 saturated carbocycles. The van der Waals surface area contributed by atoms with Crippen LogP contribution < -0.4 is 16.0 Å². The van der Waals surface area contributed by atoms with Gasteiger partial charge in [0.25, 0.3) is 5.91 Å². The fourth-order valence-electron chi connectivity index (χ4n) is 3.26. The molecule has 154 valence electrons. The number of hydrogen-bond donors (Lipinski definition) is 3. The first-order valence-electron chi connectivity index (χ1n) is 9.05. The van der Waals surface area contributed by atoms with Crippen molar-refractivity contribution in [1.29, 1.82) is 0 Å². The zero-order chi connectivity index (χ0) is 20.6. The molecule has 4 rings (SSSR count). The third kappa shape index (κ3) is 4.01. The normalized spacial score (nSPS) is 15.6. The number of amides is 1. The predicted octanol–water partition coefficient (Wildman–Crippen LogP) is 1.90. The second-order valence-corrected chi connectivity index (χ2v) is 6.82. The highest BCUT2D eigenvalue weighted by molar-refractivity contribution is 6.08. The van der Waals surface area contributed by atoms with E-state index in [9.17, 15) is 18.0 Å². The van der Waals surface area contributed by atoms with Crippen LogP contribution in [0.25, 0.3) is 5.65 Å². The SMILES string of the molecule is Cn1cc(NC(=O)c2cnn3ccc(NC4CCNCC4)nc23)c(C(F)(F)F)n1. The maximum Gasteiger partial charge on any atom is 0.437 e. The Balaban J connectivity index is 1.59. The number of hydrogen-bond acceptors (Lipinski definition) is 6. The zero-order valence-corrected chi connectivity index (χ0v) is 15.5. The number of rotatable bonds is 4. The molecule has 3 N–H and O–H groups in total. The third-order valence-corrected chi connectivity index (χ3v) is 4.65. The lowest BCUT2D eigenvalue weighted by Gasteiger charge is -2.24. The molecule has 0 radical (unpaired) electrons. The number of halogens is 3. The minimum absolute atomic E-state index is 0.0657.